The van der Waals surface area contributed by atoms with Gasteiger partial charge in [0.1, 0.15) is 5.75 Å². The maximum atomic E-state index is 12.1. The number of halogens is 3. The van der Waals surface area contributed by atoms with Crippen LogP contribution in [0.2, 0.25) is 0 Å². The smallest absolute Gasteiger partial charge is 0.387 e. The van der Waals surface area contributed by atoms with E-state index < -0.39 is 6.61 Å². The molecule has 2 nitrogen and oxygen atoms in total. The second kappa shape index (κ2) is 7.25. The number of benzene rings is 1. The van der Waals surface area contributed by atoms with Crippen molar-refractivity contribution in [2.45, 2.75) is 26.0 Å². The lowest BCUT2D eigenvalue weighted by molar-refractivity contribution is -0.0506. The van der Waals surface area contributed by atoms with Gasteiger partial charge in [-0.05, 0) is 19.4 Å². The Hall–Kier alpha value is -1.13. The first-order chi connectivity index (χ1) is 7.50. The van der Waals surface area contributed by atoms with Crippen LogP contribution in [-0.2, 0) is 0 Å². The van der Waals surface area contributed by atoms with Crippen LogP contribution in [0.4, 0.5) is 8.78 Å². The first-order valence-electron chi connectivity index (χ1n) is 4.94. The van der Waals surface area contributed by atoms with E-state index in [0.29, 0.717) is 12.0 Å². The second-order valence-corrected chi connectivity index (χ2v) is 3.68. The number of rotatable bonds is 5. The van der Waals surface area contributed by atoms with Crippen LogP contribution in [0.5, 0.6) is 5.75 Å². The maximum Gasteiger partial charge on any atom is 0.387 e. The van der Waals surface area contributed by atoms with Crippen molar-refractivity contribution >= 4 is 12.4 Å². The number of nitrogens with two attached hydrogens (primary N) is 1. The fraction of sp³-hybridized carbons (Fsp3) is 0.333. The van der Waals surface area contributed by atoms with Gasteiger partial charge in [-0.15, -0.1) is 19.0 Å². The van der Waals surface area contributed by atoms with Crippen LogP contribution in [0.25, 0.3) is 0 Å². The zero-order valence-corrected chi connectivity index (χ0v) is 10.3. The first-order valence-corrected chi connectivity index (χ1v) is 4.94. The highest BCUT2D eigenvalue weighted by atomic mass is 35.5. The summed E-state index contributed by atoms with van der Waals surface area (Å²) in [6, 6.07) is 6.18. The molecule has 1 aromatic rings. The van der Waals surface area contributed by atoms with Crippen LogP contribution in [0.1, 0.15) is 24.9 Å². The molecule has 0 saturated carbocycles. The summed E-state index contributed by atoms with van der Waals surface area (Å²) >= 11 is 0. The molecule has 96 valence electrons. The number of alkyl halides is 2. The Balaban J connectivity index is 0.00000256. The molecule has 0 amide bonds. The van der Waals surface area contributed by atoms with Crippen LogP contribution in [0, 0.1) is 0 Å². The fourth-order valence-corrected chi connectivity index (χ4v) is 1.48. The average Bonchev–Trinajstić information content (AvgIpc) is 2.16. The SMILES string of the molecule is C=C(C)C[C@H](N)c1ccccc1OC(F)F.Cl. The maximum absolute atomic E-state index is 12.1. The third kappa shape index (κ3) is 5.15. The predicted octanol–water partition coefficient (Wildman–Crippen LogP) is 3.68. The molecule has 1 aromatic carbocycles. The van der Waals surface area contributed by atoms with Crippen LogP contribution in [0.15, 0.2) is 36.4 Å². The zero-order valence-electron chi connectivity index (χ0n) is 9.53. The third-order valence-corrected chi connectivity index (χ3v) is 2.10. The first kappa shape index (κ1) is 15.9. The van der Waals surface area contributed by atoms with Gasteiger partial charge in [0, 0.05) is 11.6 Å². The Morgan fingerprint density at radius 3 is 2.53 bits per heavy atom. The van der Waals surface area contributed by atoms with E-state index in [1.165, 1.54) is 6.07 Å². The largest absolute Gasteiger partial charge is 0.434 e. The Morgan fingerprint density at radius 1 is 1.41 bits per heavy atom. The number of ether oxygens (including phenoxy) is 1. The van der Waals surface area contributed by atoms with E-state index in [1.807, 2.05) is 6.92 Å². The molecular formula is C12H16ClF2NO. The highest BCUT2D eigenvalue weighted by molar-refractivity contribution is 5.85. The van der Waals surface area contributed by atoms with Crippen molar-refractivity contribution in [2.24, 2.45) is 5.73 Å². The Labute approximate surface area is 106 Å². The van der Waals surface area contributed by atoms with Crippen molar-refractivity contribution in [3.05, 3.63) is 42.0 Å². The molecule has 0 bridgehead atoms. The average molecular weight is 264 g/mol. The summed E-state index contributed by atoms with van der Waals surface area (Å²) in [7, 11) is 0. The van der Waals surface area contributed by atoms with E-state index in [4.69, 9.17) is 5.73 Å². The van der Waals surface area contributed by atoms with E-state index in [1.54, 1.807) is 18.2 Å². The van der Waals surface area contributed by atoms with Crippen LogP contribution in [-0.4, -0.2) is 6.61 Å². The molecule has 0 aliphatic carbocycles. The zero-order chi connectivity index (χ0) is 12.1. The van der Waals surface area contributed by atoms with Crippen molar-refractivity contribution in [3.63, 3.8) is 0 Å². The summed E-state index contributed by atoms with van der Waals surface area (Å²) in [5.41, 5.74) is 7.36. The summed E-state index contributed by atoms with van der Waals surface area (Å²) in [5, 5.41) is 0. The lowest BCUT2D eigenvalue weighted by Crippen LogP contribution is -2.13. The standard InChI is InChI=1S/C12H15F2NO.ClH/c1-8(2)7-10(15)9-5-3-4-6-11(9)16-12(13)14;/h3-6,10,12H,1,7,15H2,2H3;1H/t10-;/m0./s1. The topological polar surface area (TPSA) is 35.2 Å². The van der Waals surface area contributed by atoms with Crippen molar-refractivity contribution < 1.29 is 13.5 Å². The molecule has 5 heteroatoms. The van der Waals surface area contributed by atoms with E-state index in [0.717, 1.165) is 5.57 Å². The van der Waals surface area contributed by atoms with Gasteiger partial charge in [-0.2, -0.15) is 8.78 Å². The third-order valence-electron chi connectivity index (χ3n) is 2.10. The van der Waals surface area contributed by atoms with E-state index in [9.17, 15) is 8.78 Å². The van der Waals surface area contributed by atoms with Gasteiger partial charge in [-0.3, -0.25) is 0 Å². The molecular weight excluding hydrogens is 248 g/mol. The minimum Gasteiger partial charge on any atom is -0.434 e. The van der Waals surface area contributed by atoms with Crippen molar-refractivity contribution in [1.82, 2.24) is 0 Å². The minimum absolute atomic E-state index is 0. The van der Waals surface area contributed by atoms with Crippen LogP contribution < -0.4 is 10.5 Å². The molecule has 0 radical (unpaired) electrons. The summed E-state index contributed by atoms with van der Waals surface area (Å²) in [5.74, 6) is 0.131. The quantitative estimate of drug-likeness (QED) is 0.823. The lowest BCUT2D eigenvalue weighted by Gasteiger charge is -2.16. The highest BCUT2D eigenvalue weighted by Crippen LogP contribution is 2.28. The van der Waals surface area contributed by atoms with Crippen LogP contribution >= 0.6 is 12.4 Å². The Kier molecular flexibility index (Phi) is 6.76. The van der Waals surface area contributed by atoms with Crippen molar-refractivity contribution in [3.8, 4) is 5.75 Å². The second-order valence-electron chi connectivity index (χ2n) is 3.68. The van der Waals surface area contributed by atoms with Gasteiger partial charge >= 0.3 is 6.61 Å². The molecule has 2 N–H and O–H groups in total. The molecule has 1 rings (SSSR count). The summed E-state index contributed by atoms with van der Waals surface area (Å²) in [6.45, 7) is 2.75. The Bertz CT molecular complexity index is 371. The monoisotopic (exact) mass is 263 g/mol. The molecule has 0 aromatic heterocycles. The van der Waals surface area contributed by atoms with Gasteiger partial charge < -0.3 is 10.5 Å². The molecule has 0 aliphatic rings. The molecule has 1 atom stereocenters. The Morgan fingerprint density at radius 2 is 2.00 bits per heavy atom. The van der Waals surface area contributed by atoms with Gasteiger partial charge in [-0.25, -0.2) is 0 Å². The van der Waals surface area contributed by atoms with E-state index in [2.05, 4.69) is 11.3 Å². The highest BCUT2D eigenvalue weighted by Gasteiger charge is 2.14. The summed E-state index contributed by atoms with van der Waals surface area (Å²) in [6.07, 6.45) is 0.545. The van der Waals surface area contributed by atoms with E-state index in [-0.39, 0.29) is 24.2 Å². The number of para-hydroxylation sites is 1. The van der Waals surface area contributed by atoms with Gasteiger partial charge in [0.15, 0.2) is 0 Å². The summed E-state index contributed by atoms with van der Waals surface area (Å²) < 4.78 is 28.7. The number of hydrogen-bond acceptors (Lipinski definition) is 2. The van der Waals surface area contributed by atoms with Crippen LogP contribution in [0.3, 0.4) is 0 Å². The molecule has 0 saturated heterocycles. The molecule has 0 aliphatic heterocycles. The lowest BCUT2D eigenvalue weighted by atomic mass is 10.0. The van der Waals surface area contributed by atoms with Gasteiger partial charge in [0.2, 0.25) is 0 Å². The summed E-state index contributed by atoms with van der Waals surface area (Å²) in [4.78, 5) is 0. The van der Waals surface area contributed by atoms with Gasteiger partial charge in [0.05, 0.1) is 0 Å². The minimum atomic E-state index is -2.84. The number of hydrogen-bond donors (Lipinski definition) is 1. The molecule has 17 heavy (non-hydrogen) atoms. The van der Waals surface area contributed by atoms with E-state index >= 15 is 0 Å². The van der Waals surface area contributed by atoms with Gasteiger partial charge in [0.25, 0.3) is 0 Å². The molecule has 0 unspecified atom stereocenters. The molecule has 0 spiro atoms. The van der Waals surface area contributed by atoms with Gasteiger partial charge in [-0.1, -0.05) is 23.8 Å². The predicted molar refractivity (Wildman–Crippen MR) is 66.7 cm³/mol. The fourth-order valence-electron chi connectivity index (χ4n) is 1.48. The molecule has 0 heterocycles. The van der Waals surface area contributed by atoms with Crippen molar-refractivity contribution in [2.75, 3.05) is 0 Å². The van der Waals surface area contributed by atoms with Crippen molar-refractivity contribution in [1.29, 1.82) is 0 Å². The molecule has 0 fully saturated rings. The normalized spacial score (nSPS) is 11.8.